The number of benzene rings is 2. The molecule has 1 amide bonds. The van der Waals surface area contributed by atoms with Crippen molar-refractivity contribution in [1.29, 1.82) is 0 Å². The van der Waals surface area contributed by atoms with E-state index in [0.29, 0.717) is 22.1 Å². The van der Waals surface area contributed by atoms with E-state index >= 15 is 0 Å². The Morgan fingerprint density at radius 2 is 1.84 bits per heavy atom. The average molecular weight is 354 g/mol. The topological polar surface area (TPSA) is 63.2 Å². The summed E-state index contributed by atoms with van der Waals surface area (Å²) in [5, 5.41) is 6.53. The first-order valence-electron chi connectivity index (χ1n) is 7.58. The van der Waals surface area contributed by atoms with Crippen LogP contribution >= 0.6 is 11.6 Å². The number of amides is 1. The molecule has 3 aromatic rings. The minimum absolute atomic E-state index is 0.238. The Hall–Kier alpha value is -3.05. The number of hydrogen-bond acceptors (Lipinski definition) is 4. The molecule has 0 saturated carbocycles. The molecule has 0 saturated heterocycles. The number of hydrogen-bond donors (Lipinski definition) is 2. The predicted molar refractivity (Wildman–Crippen MR) is 99.9 cm³/mol. The van der Waals surface area contributed by atoms with Crippen molar-refractivity contribution in [3.05, 3.63) is 77.4 Å². The van der Waals surface area contributed by atoms with Crippen molar-refractivity contribution in [1.82, 2.24) is 4.98 Å². The number of nitrogens with one attached hydrogen (secondary N) is 2. The van der Waals surface area contributed by atoms with Gasteiger partial charge in [0, 0.05) is 34.2 Å². The van der Waals surface area contributed by atoms with Crippen molar-refractivity contribution in [2.75, 3.05) is 17.7 Å². The Balaban J connectivity index is 1.75. The average Bonchev–Trinajstić information content (AvgIpc) is 2.62. The van der Waals surface area contributed by atoms with Gasteiger partial charge >= 0.3 is 0 Å². The lowest BCUT2D eigenvalue weighted by molar-refractivity contribution is 0.102. The molecule has 126 valence electrons. The third-order valence-corrected chi connectivity index (χ3v) is 3.68. The molecule has 6 heteroatoms. The number of pyridine rings is 1. The van der Waals surface area contributed by atoms with Crippen LogP contribution in [0.3, 0.4) is 0 Å². The fourth-order valence-electron chi connectivity index (χ4n) is 2.26. The Bertz CT molecular complexity index is 899. The first kappa shape index (κ1) is 16.8. The van der Waals surface area contributed by atoms with Crippen molar-refractivity contribution < 1.29 is 9.53 Å². The molecular weight excluding hydrogens is 338 g/mol. The van der Waals surface area contributed by atoms with Gasteiger partial charge in [0.1, 0.15) is 11.6 Å². The van der Waals surface area contributed by atoms with Crippen LogP contribution in [0.5, 0.6) is 5.75 Å². The fraction of sp³-hybridized carbons (Fsp3) is 0.0526. The molecule has 1 heterocycles. The lowest BCUT2D eigenvalue weighted by atomic mass is 10.2. The van der Waals surface area contributed by atoms with E-state index in [2.05, 4.69) is 15.6 Å². The van der Waals surface area contributed by atoms with E-state index in [1.165, 1.54) is 0 Å². The van der Waals surface area contributed by atoms with Crippen molar-refractivity contribution in [2.45, 2.75) is 0 Å². The zero-order valence-corrected chi connectivity index (χ0v) is 14.2. The summed E-state index contributed by atoms with van der Waals surface area (Å²) in [4.78, 5) is 16.6. The van der Waals surface area contributed by atoms with Gasteiger partial charge < -0.3 is 15.4 Å². The van der Waals surface area contributed by atoms with Crippen LogP contribution in [0.25, 0.3) is 0 Å². The third kappa shape index (κ3) is 4.49. The van der Waals surface area contributed by atoms with E-state index in [0.717, 1.165) is 11.4 Å². The molecule has 3 rings (SSSR count). The third-order valence-electron chi connectivity index (χ3n) is 3.45. The molecule has 2 N–H and O–H groups in total. The zero-order chi connectivity index (χ0) is 17.6. The molecule has 5 nitrogen and oxygen atoms in total. The second kappa shape index (κ2) is 7.68. The van der Waals surface area contributed by atoms with Crippen LogP contribution in [-0.4, -0.2) is 18.0 Å². The highest BCUT2D eigenvalue weighted by Crippen LogP contribution is 2.21. The monoisotopic (exact) mass is 353 g/mol. The summed E-state index contributed by atoms with van der Waals surface area (Å²) in [6, 6.07) is 17.8. The number of carbonyl (C=O) groups is 1. The fourth-order valence-corrected chi connectivity index (χ4v) is 2.45. The molecule has 2 aromatic carbocycles. The molecule has 0 aliphatic carbocycles. The maximum absolute atomic E-state index is 12.4. The van der Waals surface area contributed by atoms with Gasteiger partial charge in [-0.25, -0.2) is 4.98 Å². The normalized spacial score (nSPS) is 10.2. The van der Waals surface area contributed by atoms with Crippen molar-refractivity contribution in [2.24, 2.45) is 0 Å². The number of anilines is 3. The quantitative estimate of drug-likeness (QED) is 0.695. The number of nitrogens with zero attached hydrogens (tertiary/aromatic N) is 1. The number of rotatable bonds is 5. The molecule has 1 aromatic heterocycles. The van der Waals surface area contributed by atoms with E-state index in [-0.39, 0.29) is 5.91 Å². The Kier molecular flexibility index (Phi) is 5.16. The molecule has 0 radical (unpaired) electrons. The van der Waals surface area contributed by atoms with Gasteiger partial charge in [-0.05, 0) is 42.5 Å². The van der Waals surface area contributed by atoms with Crippen LogP contribution in [0, 0.1) is 0 Å². The highest BCUT2D eigenvalue weighted by molar-refractivity contribution is 6.31. The van der Waals surface area contributed by atoms with E-state index < -0.39 is 0 Å². The van der Waals surface area contributed by atoms with Crippen LogP contribution in [0.2, 0.25) is 5.02 Å². The van der Waals surface area contributed by atoms with Gasteiger partial charge in [-0.15, -0.1) is 0 Å². The van der Waals surface area contributed by atoms with E-state index in [4.69, 9.17) is 16.3 Å². The van der Waals surface area contributed by atoms with Gasteiger partial charge in [-0.1, -0.05) is 23.7 Å². The summed E-state index contributed by atoms with van der Waals surface area (Å²) >= 11 is 5.93. The number of methoxy groups -OCH3 is 1. The number of aromatic nitrogens is 1. The summed E-state index contributed by atoms with van der Waals surface area (Å²) in [6.45, 7) is 0. The highest BCUT2D eigenvalue weighted by atomic mass is 35.5. The van der Waals surface area contributed by atoms with Crippen molar-refractivity contribution in [3.63, 3.8) is 0 Å². The molecule has 0 aliphatic rings. The minimum atomic E-state index is -0.238. The van der Waals surface area contributed by atoms with E-state index in [9.17, 15) is 4.79 Å². The number of ether oxygens (including phenoxy) is 1. The standard InChI is InChI=1S/C19H16ClN3O2/c1-25-17-7-3-6-16(12-17)22-18-10-13(8-9-21-18)19(24)23-15-5-2-4-14(20)11-15/h2-12H,1H3,(H,21,22)(H,23,24). The van der Waals surface area contributed by atoms with Gasteiger partial charge in [0.15, 0.2) is 0 Å². The summed E-state index contributed by atoms with van der Waals surface area (Å²) < 4.78 is 5.20. The SMILES string of the molecule is COc1cccc(Nc2cc(C(=O)Nc3cccc(Cl)c3)ccn2)c1. The van der Waals surface area contributed by atoms with E-state index in [1.807, 2.05) is 24.3 Å². The minimum Gasteiger partial charge on any atom is -0.497 e. The lowest BCUT2D eigenvalue weighted by Gasteiger charge is -2.09. The van der Waals surface area contributed by atoms with Crippen LogP contribution < -0.4 is 15.4 Å². The summed E-state index contributed by atoms with van der Waals surface area (Å²) in [5.74, 6) is 1.06. The van der Waals surface area contributed by atoms with Crippen LogP contribution in [0.1, 0.15) is 10.4 Å². The molecule has 0 aliphatic heterocycles. The van der Waals surface area contributed by atoms with Gasteiger partial charge in [0.2, 0.25) is 0 Å². The highest BCUT2D eigenvalue weighted by Gasteiger charge is 2.08. The second-order valence-corrected chi connectivity index (χ2v) is 5.69. The number of halogens is 1. The van der Waals surface area contributed by atoms with Crippen LogP contribution in [0.15, 0.2) is 66.9 Å². The van der Waals surface area contributed by atoms with Crippen molar-refractivity contribution in [3.8, 4) is 5.75 Å². The predicted octanol–water partition coefficient (Wildman–Crippen LogP) is 4.74. The molecule has 0 bridgehead atoms. The Morgan fingerprint density at radius 1 is 1.04 bits per heavy atom. The lowest BCUT2D eigenvalue weighted by Crippen LogP contribution is -2.12. The van der Waals surface area contributed by atoms with E-state index in [1.54, 1.807) is 49.7 Å². The van der Waals surface area contributed by atoms with Gasteiger partial charge in [0.05, 0.1) is 7.11 Å². The Morgan fingerprint density at radius 3 is 2.64 bits per heavy atom. The molecular formula is C19H16ClN3O2. The summed E-state index contributed by atoms with van der Waals surface area (Å²) in [7, 11) is 1.61. The maximum atomic E-state index is 12.4. The number of carbonyl (C=O) groups excluding carboxylic acids is 1. The first-order chi connectivity index (χ1) is 12.1. The second-order valence-electron chi connectivity index (χ2n) is 5.25. The molecule has 0 atom stereocenters. The van der Waals surface area contributed by atoms with Gasteiger partial charge in [-0.3, -0.25) is 4.79 Å². The van der Waals surface area contributed by atoms with Gasteiger partial charge in [0.25, 0.3) is 5.91 Å². The maximum Gasteiger partial charge on any atom is 0.255 e. The summed E-state index contributed by atoms with van der Waals surface area (Å²) in [5.41, 5.74) is 1.94. The molecule has 25 heavy (non-hydrogen) atoms. The smallest absolute Gasteiger partial charge is 0.255 e. The van der Waals surface area contributed by atoms with Crippen LogP contribution in [0.4, 0.5) is 17.2 Å². The first-order valence-corrected chi connectivity index (χ1v) is 7.96. The Labute approximate surface area is 150 Å². The molecule has 0 unspecified atom stereocenters. The van der Waals surface area contributed by atoms with Gasteiger partial charge in [-0.2, -0.15) is 0 Å². The largest absolute Gasteiger partial charge is 0.497 e. The van der Waals surface area contributed by atoms with Crippen LogP contribution in [-0.2, 0) is 0 Å². The molecule has 0 fully saturated rings. The molecule has 0 spiro atoms. The van der Waals surface area contributed by atoms with Crippen molar-refractivity contribution >= 4 is 34.7 Å². The zero-order valence-electron chi connectivity index (χ0n) is 13.5. The summed E-state index contributed by atoms with van der Waals surface area (Å²) in [6.07, 6.45) is 1.58.